The van der Waals surface area contributed by atoms with Crippen molar-refractivity contribution in [3.63, 3.8) is 0 Å². The predicted molar refractivity (Wildman–Crippen MR) is 82.8 cm³/mol. The Morgan fingerprint density at radius 2 is 1.95 bits per heavy atom. The van der Waals surface area contributed by atoms with E-state index in [2.05, 4.69) is 28.6 Å². The van der Waals surface area contributed by atoms with Gasteiger partial charge in [0, 0.05) is 23.5 Å². The van der Waals surface area contributed by atoms with Crippen LogP contribution in [0.1, 0.15) is 23.9 Å². The van der Waals surface area contributed by atoms with Crippen LogP contribution in [0.5, 0.6) is 0 Å². The summed E-state index contributed by atoms with van der Waals surface area (Å²) < 4.78 is 2.16. The third kappa shape index (κ3) is 2.17. The zero-order valence-electron chi connectivity index (χ0n) is 12.4. The molecule has 0 fully saturated rings. The second-order valence-corrected chi connectivity index (χ2v) is 5.08. The van der Waals surface area contributed by atoms with E-state index in [1.807, 2.05) is 38.1 Å². The number of rotatable bonds is 2. The molecule has 3 aromatic rings. The Bertz CT molecular complexity index is 868. The smallest absolute Gasteiger partial charge is 0.142 e. The summed E-state index contributed by atoms with van der Waals surface area (Å²) in [6.07, 6.45) is 0. The van der Waals surface area contributed by atoms with Crippen molar-refractivity contribution < 1.29 is 0 Å². The summed E-state index contributed by atoms with van der Waals surface area (Å²) in [5.74, 6) is 0.910. The lowest BCUT2D eigenvalue weighted by Crippen LogP contribution is -2.00. The molecule has 0 saturated carbocycles. The summed E-state index contributed by atoms with van der Waals surface area (Å²) in [5.41, 5.74) is 5.55. The Balaban J connectivity index is 2.29. The Kier molecular flexibility index (Phi) is 3.19. The fourth-order valence-corrected chi connectivity index (χ4v) is 2.65. The molecule has 0 aliphatic carbocycles. The van der Waals surface area contributed by atoms with Crippen molar-refractivity contribution in [2.75, 3.05) is 0 Å². The molecule has 2 heterocycles. The highest BCUT2D eigenvalue weighted by molar-refractivity contribution is 5.82. The summed E-state index contributed by atoms with van der Waals surface area (Å²) in [5, 5.41) is 9.03. The minimum Gasteiger partial charge on any atom is -0.324 e. The molecule has 3 rings (SSSR count). The van der Waals surface area contributed by atoms with Gasteiger partial charge in [0.15, 0.2) is 0 Å². The van der Waals surface area contributed by atoms with Crippen LogP contribution >= 0.6 is 0 Å². The van der Waals surface area contributed by atoms with Crippen LogP contribution in [0.25, 0.3) is 22.4 Å². The molecular weight excluding hydrogens is 260 g/mol. The number of aromatic nitrogens is 3. The molecule has 104 valence electrons. The second kappa shape index (κ2) is 5.02. The van der Waals surface area contributed by atoms with Crippen molar-refractivity contribution in [2.45, 2.75) is 27.3 Å². The minimum absolute atomic E-state index is 0.633. The van der Waals surface area contributed by atoms with Crippen LogP contribution in [0.3, 0.4) is 0 Å². The van der Waals surface area contributed by atoms with Gasteiger partial charge in [-0.25, -0.2) is 4.98 Å². The first-order valence-electron chi connectivity index (χ1n) is 6.99. The molecule has 0 radical (unpaired) electrons. The molecule has 0 saturated heterocycles. The average molecular weight is 276 g/mol. The van der Waals surface area contributed by atoms with Gasteiger partial charge in [0.1, 0.15) is 5.82 Å². The summed E-state index contributed by atoms with van der Waals surface area (Å²) in [6, 6.07) is 11.9. The van der Waals surface area contributed by atoms with Gasteiger partial charge < -0.3 is 4.57 Å². The van der Waals surface area contributed by atoms with E-state index >= 15 is 0 Å². The molecule has 0 bridgehead atoms. The van der Waals surface area contributed by atoms with Crippen LogP contribution in [0.4, 0.5) is 0 Å². The normalized spacial score (nSPS) is 10.8. The van der Waals surface area contributed by atoms with E-state index in [1.54, 1.807) is 0 Å². The van der Waals surface area contributed by atoms with Crippen LogP contribution in [-0.4, -0.2) is 14.5 Å². The second-order valence-electron chi connectivity index (χ2n) is 5.08. The van der Waals surface area contributed by atoms with Crippen LogP contribution < -0.4 is 0 Å². The number of fused-ring (bicyclic) bond motifs is 1. The molecular formula is C17H16N4. The Morgan fingerprint density at radius 3 is 2.62 bits per heavy atom. The molecule has 1 aromatic carbocycles. The first kappa shape index (κ1) is 13.3. The highest BCUT2D eigenvalue weighted by Crippen LogP contribution is 2.27. The molecule has 4 heteroatoms. The zero-order valence-corrected chi connectivity index (χ0v) is 12.4. The van der Waals surface area contributed by atoms with Crippen molar-refractivity contribution in [3.8, 4) is 17.5 Å². The van der Waals surface area contributed by atoms with Gasteiger partial charge >= 0.3 is 0 Å². The molecule has 0 atom stereocenters. The van der Waals surface area contributed by atoms with E-state index in [0.29, 0.717) is 5.56 Å². The minimum atomic E-state index is 0.633. The molecule has 4 nitrogen and oxygen atoms in total. The molecule has 2 aromatic heterocycles. The fourth-order valence-electron chi connectivity index (χ4n) is 2.65. The number of hydrogen-bond donors (Lipinski definition) is 0. The first-order valence-corrected chi connectivity index (χ1v) is 6.99. The maximum atomic E-state index is 9.03. The number of hydrogen-bond acceptors (Lipinski definition) is 3. The number of aryl methyl sites for hydroxylation is 3. The highest BCUT2D eigenvalue weighted by atomic mass is 15.1. The van der Waals surface area contributed by atoms with Gasteiger partial charge in [-0.05, 0) is 51.1 Å². The average Bonchev–Trinajstić information content (AvgIpc) is 2.84. The van der Waals surface area contributed by atoms with E-state index in [9.17, 15) is 0 Å². The van der Waals surface area contributed by atoms with Gasteiger partial charge in [0.05, 0.1) is 22.7 Å². The van der Waals surface area contributed by atoms with Crippen molar-refractivity contribution in [1.29, 1.82) is 5.26 Å². The van der Waals surface area contributed by atoms with E-state index in [-0.39, 0.29) is 0 Å². The van der Waals surface area contributed by atoms with Gasteiger partial charge in [-0.15, -0.1) is 0 Å². The summed E-state index contributed by atoms with van der Waals surface area (Å²) >= 11 is 0. The quantitative estimate of drug-likeness (QED) is 0.718. The summed E-state index contributed by atoms with van der Waals surface area (Å²) in [7, 11) is 0. The maximum absolute atomic E-state index is 9.03. The predicted octanol–water partition coefficient (Wildman–Crippen LogP) is 3.61. The molecule has 0 unspecified atom stereocenters. The fraction of sp³-hybridized carbons (Fsp3) is 0.235. The molecule has 0 amide bonds. The molecule has 0 spiro atoms. The van der Waals surface area contributed by atoms with Gasteiger partial charge in [-0.2, -0.15) is 5.26 Å². The number of benzene rings is 1. The molecule has 0 aliphatic rings. The third-order valence-electron chi connectivity index (χ3n) is 3.66. The largest absolute Gasteiger partial charge is 0.324 e. The SMILES string of the molecule is CCn1c(-c2ccc(C)nc2C)nc2cc(C#N)ccc21. The van der Waals surface area contributed by atoms with E-state index in [4.69, 9.17) is 10.2 Å². The van der Waals surface area contributed by atoms with Gasteiger partial charge in [0.25, 0.3) is 0 Å². The number of nitriles is 1. The number of nitrogens with zero attached hydrogens (tertiary/aromatic N) is 4. The first-order chi connectivity index (χ1) is 10.1. The van der Waals surface area contributed by atoms with Crippen molar-refractivity contribution in [1.82, 2.24) is 14.5 Å². The Labute approximate surface area is 123 Å². The van der Waals surface area contributed by atoms with Gasteiger partial charge in [-0.3, -0.25) is 4.98 Å². The Hall–Kier alpha value is -2.67. The van der Waals surface area contributed by atoms with Crippen LogP contribution in [0, 0.1) is 25.2 Å². The van der Waals surface area contributed by atoms with Crippen LogP contribution in [0.2, 0.25) is 0 Å². The lowest BCUT2D eigenvalue weighted by Gasteiger charge is -2.08. The molecule has 0 aliphatic heterocycles. The van der Waals surface area contributed by atoms with E-state index < -0.39 is 0 Å². The third-order valence-corrected chi connectivity index (χ3v) is 3.66. The lowest BCUT2D eigenvalue weighted by atomic mass is 10.1. The van der Waals surface area contributed by atoms with E-state index in [0.717, 1.165) is 40.4 Å². The zero-order chi connectivity index (χ0) is 15.0. The maximum Gasteiger partial charge on any atom is 0.142 e. The standard InChI is InChI=1S/C17H16N4/c1-4-21-16-8-6-13(10-18)9-15(16)20-17(21)14-7-5-11(2)19-12(14)3/h5-9H,4H2,1-3H3. The van der Waals surface area contributed by atoms with Crippen LogP contribution in [-0.2, 0) is 6.54 Å². The van der Waals surface area contributed by atoms with Crippen LogP contribution in [0.15, 0.2) is 30.3 Å². The summed E-state index contributed by atoms with van der Waals surface area (Å²) in [4.78, 5) is 9.25. The number of pyridine rings is 1. The highest BCUT2D eigenvalue weighted by Gasteiger charge is 2.14. The molecule has 0 N–H and O–H groups in total. The van der Waals surface area contributed by atoms with Gasteiger partial charge in [-0.1, -0.05) is 0 Å². The van der Waals surface area contributed by atoms with E-state index in [1.165, 1.54) is 0 Å². The number of imidazole rings is 1. The van der Waals surface area contributed by atoms with Crippen molar-refractivity contribution in [2.24, 2.45) is 0 Å². The summed E-state index contributed by atoms with van der Waals surface area (Å²) in [6.45, 7) is 6.91. The monoisotopic (exact) mass is 276 g/mol. The Morgan fingerprint density at radius 1 is 1.14 bits per heavy atom. The van der Waals surface area contributed by atoms with Gasteiger partial charge in [0.2, 0.25) is 0 Å². The molecule has 21 heavy (non-hydrogen) atoms. The van der Waals surface area contributed by atoms with Crippen molar-refractivity contribution >= 4 is 11.0 Å². The lowest BCUT2D eigenvalue weighted by molar-refractivity contribution is 0.794. The topological polar surface area (TPSA) is 54.5 Å². The van der Waals surface area contributed by atoms with Crippen molar-refractivity contribution in [3.05, 3.63) is 47.3 Å².